The Bertz CT molecular complexity index is 990. The molecule has 2 aromatic heterocycles. The molecule has 1 aromatic carbocycles. The van der Waals surface area contributed by atoms with Crippen molar-refractivity contribution in [2.45, 2.75) is 17.4 Å². The lowest BCUT2D eigenvalue weighted by molar-refractivity contribution is 0.204. The van der Waals surface area contributed by atoms with Gasteiger partial charge in [-0.05, 0) is 24.6 Å². The van der Waals surface area contributed by atoms with E-state index in [1.165, 1.54) is 4.31 Å². The van der Waals surface area contributed by atoms with Crippen LogP contribution in [0.25, 0.3) is 10.9 Å². The van der Waals surface area contributed by atoms with Crippen molar-refractivity contribution in [3.63, 3.8) is 0 Å². The fraction of sp³-hybridized carbons (Fsp3) is 0.235. The largest absolute Gasteiger partial charge is 0.472 e. The molecule has 1 aliphatic rings. The van der Waals surface area contributed by atoms with E-state index in [-0.39, 0.29) is 17.5 Å². The lowest BCUT2D eigenvalue weighted by atomic mass is 10.2. The van der Waals surface area contributed by atoms with Gasteiger partial charge in [-0.1, -0.05) is 18.2 Å². The molecule has 0 unspecified atom stereocenters. The summed E-state index contributed by atoms with van der Waals surface area (Å²) < 4.78 is 33.3. The first-order chi connectivity index (χ1) is 12.1. The molecule has 0 amide bonds. The molecule has 7 nitrogen and oxygen atoms in total. The van der Waals surface area contributed by atoms with Crippen molar-refractivity contribution in [1.82, 2.24) is 19.5 Å². The highest BCUT2D eigenvalue weighted by atomic mass is 32.2. The van der Waals surface area contributed by atoms with Gasteiger partial charge in [0.1, 0.15) is 11.0 Å². The number of nitrogens with zero attached hydrogens (tertiary/aromatic N) is 4. The molecule has 1 fully saturated rings. The first kappa shape index (κ1) is 15.9. The van der Waals surface area contributed by atoms with Crippen molar-refractivity contribution >= 4 is 20.9 Å². The van der Waals surface area contributed by atoms with Crippen LogP contribution in [0.1, 0.15) is 6.42 Å². The number of pyridine rings is 1. The third kappa shape index (κ3) is 3.06. The van der Waals surface area contributed by atoms with Crippen LogP contribution in [0, 0.1) is 0 Å². The van der Waals surface area contributed by atoms with Gasteiger partial charge in [-0.25, -0.2) is 8.42 Å². The Morgan fingerprint density at radius 2 is 1.92 bits per heavy atom. The summed E-state index contributed by atoms with van der Waals surface area (Å²) in [4.78, 5) is 4.48. The molecule has 25 heavy (non-hydrogen) atoms. The van der Waals surface area contributed by atoms with Gasteiger partial charge >= 0.3 is 0 Å². The predicted octanol–water partition coefficient (Wildman–Crippen LogP) is 1.87. The third-order valence-electron chi connectivity index (χ3n) is 4.16. The van der Waals surface area contributed by atoms with Crippen LogP contribution in [-0.2, 0) is 10.0 Å². The van der Waals surface area contributed by atoms with E-state index >= 15 is 0 Å². The smallest absolute Gasteiger partial charge is 0.245 e. The molecule has 1 atom stereocenters. The highest BCUT2D eigenvalue weighted by Crippen LogP contribution is 2.27. The van der Waals surface area contributed by atoms with Gasteiger partial charge in [0.05, 0.1) is 12.1 Å². The van der Waals surface area contributed by atoms with Gasteiger partial charge in [0.25, 0.3) is 0 Å². The average molecular weight is 356 g/mol. The zero-order valence-electron chi connectivity index (χ0n) is 13.3. The molecule has 4 rings (SSSR count). The number of rotatable bonds is 4. The van der Waals surface area contributed by atoms with Crippen molar-refractivity contribution in [3.05, 3.63) is 54.9 Å². The molecule has 1 aliphatic heterocycles. The summed E-state index contributed by atoms with van der Waals surface area (Å²) in [5.74, 6) is 0.401. The molecule has 1 saturated heterocycles. The highest BCUT2D eigenvalue weighted by molar-refractivity contribution is 7.89. The molecule has 8 heteroatoms. The molecule has 0 aliphatic carbocycles. The van der Waals surface area contributed by atoms with E-state index in [4.69, 9.17) is 4.74 Å². The third-order valence-corrected chi connectivity index (χ3v) is 6.05. The molecule has 0 radical (unpaired) electrons. The maximum Gasteiger partial charge on any atom is 0.245 e. The maximum atomic E-state index is 13.0. The van der Waals surface area contributed by atoms with E-state index in [2.05, 4.69) is 15.2 Å². The zero-order chi connectivity index (χ0) is 17.3. The van der Waals surface area contributed by atoms with Crippen LogP contribution in [0.2, 0.25) is 0 Å². The molecule has 0 N–H and O–H groups in total. The number of benzene rings is 1. The minimum Gasteiger partial charge on any atom is -0.472 e. The molecular weight excluding hydrogens is 340 g/mol. The normalized spacial score (nSPS) is 18.5. The molecule has 0 saturated carbocycles. The minimum atomic E-state index is -3.64. The number of hydrogen-bond acceptors (Lipinski definition) is 6. The quantitative estimate of drug-likeness (QED) is 0.709. The van der Waals surface area contributed by atoms with Crippen LogP contribution >= 0.6 is 0 Å². The van der Waals surface area contributed by atoms with E-state index in [0.29, 0.717) is 24.4 Å². The number of aromatic nitrogens is 3. The van der Waals surface area contributed by atoms with Gasteiger partial charge in [0.15, 0.2) is 0 Å². The number of hydrogen-bond donors (Lipinski definition) is 0. The average Bonchev–Trinajstić information content (AvgIpc) is 3.11. The van der Waals surface area contributed by atoms with Crippen molar-refractivity contribution in [2.24, 2.45) is 0 Å². The van der Waals surface area contributed by atoms with Crippen molar-refractivity contribution in [1.29, 1.82) is 0 Å². The standard InChI is InChI=1S/C17H16N4O3S/c22-25(23,15-6-1-4-13-5-2-9-18-17(13)15)21-11-8-14(12-21)24-16-7-3-10-19-20-16/h1-7,9-10,14H,8,11-12H2/t14-/m0/s1. The maximum absolute atomic E-state index is 13.0. The number of fused-ring (bicyclic) bond motifs is 1. The number of ether oxygens (including phenoxy) is 1. The van der Waals surface area contributed by atoms with Gasteiger partial charge in [-0.3, -0.25) is 4.98 Å². The van der Waals surface area contributed by atoms with Gasteiger partial charge < -0.3 is 4.74 Å². The molecule has 128 valence electrons. The van der Waals surface area contributed by atoms with E-state index in [9.17, 15) is 8.42 Å². The summed E-state index contributed by atoms with van der Waals surface area (Å²) in [6.45, 7) is 0.679. The highest BCUT2D eigenvalue weighted by Gasteiger charge is 2.35. The lowest BCUT2D eigenvalue weighted by Crippen LogP contribution is -2.31. The fourth-order valence-electron chi connectivity index (χ4n) is 2.96. The summed E-state index contributed by atoms with van der Waals surface area (Å²) in [5, 5.41) is 8.44. The van der Waals surface area contributed by atoms with Crippen LogP contribution in [0.5, 0.6) is 5.88 Å². The Kier molecular flexibility index (Phi) is 4.06. The van der Waals surface area contributed by atoms with Gasteiger partial charge in [0.2, 0.25) is 15.9 Å². The Morgan fingerprint density at radius 3 is 2.76 bits per heavy atom. The van der Waals surface area contributed by atoms with Crippen LogP contribution in [-0.4, -0.2) is 47.1 Å². The summed E-state index contributed by atoms with van der Waals surface area (Å²) in [6, 6.07) is 12.3. The topological polar surface area (TPSA) is 85.3 Å². The van der Waals surface area contributed by atoms with Gasteiger partial charge in [0, 0.05) is 30.4 Å². The van der Waals surface area contributed by atoms with E-state index < -0.39 is 10.0 Å². The molecule has 0 spiro atoms. The molecular formula is C17H16N4O3S. The second-order valence-corrected chi connectivity index (χ2v) is 7.69. The predicted molar refractivity (Wildman–Crippen MR) is 91.6 cm³/mol. The van der Waals surface area contributed by atoms with Crippen LogP contribution in [0.15, 0.2) is 59.8 Å². The Hall–Kier alpha value is -2.58. The Balaban J connectivity index is 1.59. The van der Waals surface area contributed by atoms with Crippen LogP contribution in [0.3, 0.4) is 0 Å². The second-order valence-electron chi connectivity index (χ2n) is 5.78. The van der Waals surface area contributed by atoms with Crippen LogP contribution in [0.4, 0.5) is 0 Å². The molecule has 0 bridgehead atoms. The van der Waals surface area contributed by atoms with Crippen molar-refractivity contribution in [2.75, 3.05) is 13.1 Å². The first-order valence-corrected chi connectivity index (χ1v) is 9.37. The minimum absolute atomic E-state index is 0.228. The van der Waals surface area contributed by atoms with Gasteiger partial charge in [-0.15, -0.1) is 5.10 Å². The second kappa shape index (κ2) is 6.38. The Morgan fingerprint density at radius 1 is 1.08 bits per heavy atom. The monoisotopic (exact) mass is 356 g/mol. The number of sulfonamides is 1. The summed E-state index contributed by atoms with van der Waals surface area (Å²) in [5.41, 5.74) is 0.489. The van der Waals surface area contributed by atoms with Crippen molar-refractivity contribution in [3.8, 4) is 5.88 Å². The van der Waals surface area contributed by atoms with Crippen molar-refractivity contribution < 1.29 is 13.2 Å². The molecule has 3 heterocycles. The van der Waals surface area contributed by atoms with E-state index in [1.54, 1.807) is 42.7 Å². The van der Waals surface area contributed by atoms with Gasteiger partial charge in [-0.2, -0.15) is 9.40 Å². The summed E-state index contributed by atoms with van der Waals surface area (Å²) in [7, 11) is -3.64. The van der Waals surface area contributed by atoms with E-state index in [1.807, 2.05) is 12.1 Å². The molecule has 3 aromatic rings. The first-order valence-electron chi connectivity index (χ1n) is 7.93. The van der Waals surface area contributed by atoms with Crippen LogP contribution < -0.4 is 4.74 Å². The zero-order valence-corrected chi connectivity index (χ0v) is 14.1. The Labute approximate surface area is 145 Å². The lowest BCUT2D eigenvalue weighted by Gasteiger charge is -2.17. The summed E-state index contributed by atoms with van der Waals surface area (Å²) >= 11 is 0. The summed E-state index contributed by atoms with van der Waals surface area (Å²) in [6.07, 6.45) is 3.53. The van der Waals surface area contributed by atoms with E-state index in [0.717, 1.165) is 5.39 Å². The SMILES string of the molecule is O=S(=O)(c1cccc2cccnc12)N1CC[C@H](Oc2cccnn2)C1. The fourth-order valence-corrected chi connectivity index (χ4v) is 4.61. The number of para-hydroxylation sites is 1.